The zero-order valence-electron chi connectivity index (χ0n) is 23.8. The van der Waals surface area contributed by atoms with Gasteiger partial charge in [0.05, 0.1) is 25.2 Å². The second-order valence-corrected chi connectivity index (χ2v) is 13.1. The normalized spacial score (nSPS) is 40.3. The van der Waals surface area contributed by atoms with E-state index in [0.29, 0.717) is 11.5 Å². The average molecular weight is 549 g/mol. The average Bonchev–Trinajstić information content (AvgIpc) is 3.85. The molecule has 0 saturated heterocycles. The lowest BCUT2D eigenvalue weighted by Crippen LogP contribution is -2.49. The van der Waals surface area contributed by atoms with Crippen LogP contribution >= 0.6 is 0 Å². The van der Waals surface area contributed by atoms with Gasteiger partial charge in [-0.3, -0.25) is 14.4 Å². The second kappa shape index (κ2) is 8.23. The van der Waals surface area contributed by atoms with Crippen molar-refractivity contribution in [3.05, 3.63) is 57.7 Å². The van der Waals surface area contributed by atoms with Gasteiger partial charge in [-0.2, -0.15) is 0 Å². The minimum absolute atomic E-state index is 0.00276. The molecule has 2 saturated carbocycles. The maximum Gasteiger partial charge on any atom is 0.337 e. The van der Waals surface area contributed by atoms with Crippen molar-refractivity contribution >= 4 is 23.5 Å². The van der Waals surface area contributed by atoms with E-state index < -0.39 is 52.0 Å². The van der Waals surface area contributed by atoms with Crippen molar-refractivity contribution in [3.8, 4) is 0 Å². The highest BCUT2D eigenvalue weighted by atomic mass is 16.5. The largest absolute Gasteiger partial charge is 0.468 e. The van der Waals surface area contributed by atoms with Gasteiger partial charge < -0.3 is 19.7 Å². The molecule has 8 nitrogen and oxygen atoms in total. The molecule has 0 aromatic heterocycles. The van der Waals surface area contributed by atoms with Crippen LogP contribution in [0.5, 0.6) is 0 Å². The molecule has 0 heterocycles. The fourth-order valence-electron chi connectivity index (χ4n) is 8.65. The Kier molecular flexibility index (Phi) is 5.57. The van der Waals surface area contributed by atoms with Crippen LogP contribution in [0.2, 0.25) is 0 Å². The molecule has 0 spiro atoms. The number of allylic oxidation sites excluding steroid dienone is 4. The highest BCUT2D eigenvalue weighted by Crippen LogP contribution is 2.71. The number of ketones is 2. The molecule has 0 aromatic rings. The Labute approximate surface area is 233 Å². The lowest BCUT2D eigenvalue weighted by Gasteiger charge is -2.42. The third-order valence-electron chi connectivity index (χ3n) is 11.3. The topological polar surface area (TPSA) is 127 Å². The van der Waals surface area contributed by atoms with Crippen LogP contribution in [0.4, 0.5) is 0 Å². The number of hydrogen-bond donors (Lipinski definition) is 2. The first-order valence-electron chi connectivity index (χ1n) is 13.9. The van der Waals surface area contributed by atoms with E-state index in [1.165, 1.54) is 14.2 Å². The second-order valence-electron chi connectivity index (χ2n) is 13.1. The van der Waals surface area contributed by atoms with Crippen molar-refractivity contribution in [2.75, 3.05) is 14.2 Å². The van der Waals surface area contributed by atoms with Crippen LogP contribution in [0.3, 0.4) is 0 Å². The lowest BCUT2D eigenvalue weighted by atomic mass is 9.62. The predicted octanol–water partition coefficient (Wildman–Crippen LogP) is 2.95. The van der Waals surface area contributed by atoms with E-state index in [9.17, 15) is 29.4 Å². The maximum atomic E-state index is 13.8. The van der Waals surface area contributed by atoms with E-state index >= 15 is 0 Å². The monoisotopic (exact) mass is 548 g/mol. The summed E-state index contributed by atoms with van der Waals surface area (Å²) < 4.78 is 10.0. The summed E-state index contributed by atoms with van der Waals surface area (Å²) in [6, 6.07) is 0. The molecule has 2 fully saturated rings. The van der Waals surface area contributed by atoms with Gasteiger partial charge in [-0.1, -0.05) is 37.6 Å². The molecule has 0 aliphatic heterocycles. The first-order chi connectivity index (χ1) is 18.7. The molecular weight excluding hydrogens is 512 g/mol. The first-order valence-corrected chi connectivity index (χ1v) is 13.9. The Balaban J connectivity index is 1.50. The number of rotatable bonds is 6. The third kappa shape index (κ3) is 3.09. The number of methoxy groups -OCH3 is 2. The minimum atomic E-state index is -1.42. The van der Waals surface area contributed by atoms with Gasteiger partial charge in [-0.25, -0.2) is 4.79 Å². The Hall–Kier alpha value is -3.10. The number of carbonyl (C=O) groups excluding carboxylic acids is 4. The summed E-state index contributed by atoms with van der Waals surface area (Å²) in [6.07, 6.45) is 2.57. The minimum Gasteiger partial charge on any atom is -0.468 e. The smallest absolute Gasteiger partial charge is 0.337 e. The number of carbonyl (C=O) groups is 4. The molecule has 2 N–H and O–H groups in total. The molecule has 0 unspecified atom stereocenters. The predicted molar refractivity (Wildman–Crippen MR) is 143 cm³/mol. The van der Waals surface area contributed by atoms with Crippen LogP contribution in [0.1, 0.15) is 47.0 Å². The van der Waals surface area contributed by atoms with Gasteiger partial charge in [-0.15, -0.1) is 0 Å². The molecule has 40 heavy (non-hydrogen) atoms. The van der Waals surface area contributed by atoms with Gasteiger partial charge in [0, 0.05) is 22.0 Å². The molecule has 6 aliphatic rings. The van der Waals surface area contributed by atoms with E-state index in [-0.39, 0.29) is 40.9 Å². The molecule has 0 amide bonds. The summed E-state index contributed by atoms with van der Waals surface area (Å²) in [4.78, 5) is 52.8. The molecule has 212 valence electrons. The number of esters is 2. The van der Waals surface area contributed by atoms with Gasteiger partial charge in [0.2, 0.25) is 0 Å². The molecule has 8 heteroatoms. The van der Waals surface area contributed by atoms with Gasteiger partial charge in [0.15, 0.2) is 11.6 Å². The van der Waals surface area contributed by atoms with Crippen molar-refractivity contribution in [1.29, 1.82) is 0 Å². The van der Waals surface area contributed by atoms with Gasteiger partial charge in [0.25, 0.3) is 0 Å². The summed E-state index contributed by atoms with van der Waals surface area (Å²) in [6.45, 7) is 11.2. The fraction of sp³-hybridized carbons (Fsp3) is 0.562. The SMILES string of the molecule is C=C(C(=O)OC)C1=CC2=C(C[C@@](C)(C(=O)OC)C3=CC4=C(C)[C@H]5C[C@H]5[C@]4(C)[C@@H](O)C3=O)[C@H]3C[C@H]3[C@]2(C)[C@@H](O)C1=O. The van der Waals surface area contributed by atoms with E-state index in [4.69, 9.17) is 9.47 Å². The van der Waals surface area contributed by atoms with Gasteiger partial charge in [0.1, 0.15) is 12.2 Å². The van der Waals surface area contributed by atoms with Crippen LogP contribution in [0.15, 0.2) is 57.7 Å². The van der Waals surface area contributed by atoms with Crippen LogP contribution in [-0.4, -0.2) is 60.1 Å². The van der Waals surface area contributed by atoms with Crippen molar-refractivity contribution in [2.45, 2.75) is 59.2 Å². The van der Waals surface area contributed by atoms with E-state index in [1.54, 1.807) is 13.0 Å². The fourth-order valence-corrected chi connectivity index (χ4v) is 8.65. The molecule has 0 radical (unpaired) electrons. The highest BCUT2D eigenvalue weighted by Gasteiger charge is 2.68. The Morgan fingerprint density at radius 3 is 2.17 bits per heavy atom. The highest BCUT2D eigenvalue weighted by molar-refractivity contribution is 6.13. The molecule has 0 aromatic carbocycles. The standard InChI is InChI=1S/C32H36O8/c1-13-15-8-20(15)31(4)19(13)11-23(25(34)27(31)36)30(3,29(38)40-7)12-18-17-10-21(17)32(5)22(18)9-16(24(33)26(32)35)14(2)28(37)39-6/h9,11,15,17,20-21,26-27,35-36H,2,8,10,12H2,1,3-7H3/t15-,17-,20-,21-,26+,27+,30-,31-,32+/m1/s1. The van der Waals surface area contributed by atoms with Crippen molar-refractivity contribution in [2.24, 2.45) is 39.9 Å². The molecule has 6 rings (SSSR count). The number of Topliss-reactive ketones (excluding diaryl/α,β-unsaturated/α-hetero) is 2. The quantitative estimate of drug-likeness (QED) is 0.383. The van der Waals surface area contributed by atoms with E-state index in [2.05, 4.69) is 6.58 Å². The maximum absolute atomic E-state index is 13.8. The zero-order valence-corrected chi connectivity index (χ0v) is 23.8. The van der Waals surface area contributed by atoms with Crippen molar-refractivity contribution < 1.29 is 38.9 Å². The Morgan fingerprint density at radius 2 is 1.55 bits per heavy atom. The van der Waals surface area contributed by atoms with Crippen LogP contribution in [0.25, 0.3) is 0 Å². The molecule has 9 atom stereocenters. The number of aliphatic hydroxyl groups is 2. The summed E-state index contributed by atoms with van der Waals surface area (Å²) >= 11 is 0. The molecular formula is C32H36O8. The number of aliphatic hydroxyl groups excluding tert-OH is 2. The third-order valence-corrected chi connectivity index (χ3v) is 11.3. The number of fused-ring (bicyclic) bond motifs is 6. The Bertz CT molecular complexity index is 1460. The number of ether oxygens (including phenoxy) is 2. The van der Waals surface area contributed by atoms with Crippen molar-refractivity contribution in [3.63, 3.8) is 0 Å². The van der Waals surface area contributed by atoms with Crippen LogP contribution in [-0.2, 0) is 28.7 Å². The van der Waals surface area contributed by atoms with E-state index in [1.807, 2.05) is 26.8 Å². The van der Waals surface area contributed by atoms with Crippen LogP contribution in [0, 0.1) is 39.9 Å². The zero-order chi connectivity index (χ0) is 29.3. The van der Waals surface area contributed by atoms with Crippen LogP contribution < -0.4 is 0 Å². The van der Waals surface area contributed by atoms with Crippen molar-refractivity contribution in [1.82, 2.24) is 0 Å². The van der Waals surface area contributed by atoms with Gasteiger partial charge in [-0.05, 0) is 74.0 Å². The lowest BCUT2D eigenvalue weighted by molar-refractivity contribution is -0.151. The molecule has 0 bridgehead atoms. The summed E-state index contributed by atoms with van der Waals surface area (Å²) in [5.74, 6) is -1.85. The Morgan fingerprint density at radius 1 is 0.975 bits per heavy atom. The molecule has 6 aliphatic carbocycles. The number of hydrogen-bond acceptors (Lipinski definition) is 8. The van der Waals surface area contributed by atoms with Gasteiger partial charge >= 0.3 is 11.9 Å². The first kappa shape index (κ1) is 27.1. The summed E-state index contributed by atoms with van der Waals surface area (Å²) in [5, 5.41) is 22.6. The summed E-state index contributed by atoms with van der Waals surface area (Å²) in [7, 11) is 2.47. The summed E-state index contributed by atoms with van der Waals surface area (Å²) in [5.41, 5.74) is 0.681. The van der Waals surface area contributed by atoms with E-state index in [0.717, 1.165) is 29.6 Å².